The van der Waals surface area contributed by atoms with Crippen molar-refractivity contribution in [2.24, 2.45) is 0 Å². The lowest BCUT2D eigenvalue weighted by Gasteiger charge is -2.40. The minimum absolute atomic E-state index is 0.0849. The van der Waals surface area contributed by atoms with Crippen LogP contribution in [0.4, 0.5) is 42.4 Å². The van der Waals surface area contributed by atoms with Crippen molar-refractivity contribution in [3.05, 3.63) is 29.2 Å². The summed E-state index contributed by atoms with van der Waals surface area (Å²) >= 11 is 0. The van der Waals surface area contributed by atoms with Crippen LogP contribution in [0.3, 0.4) is 0 Å². The summed E-state index contributed by atoms with van der Waals surface area (Å²) in [4.78, 5) is 0.323. The molecule has 2 nitrogen and oxygen atoms in total. The van der Waals surface area contributed by atoms with E-state index in [0.29, 0.717) is 0 Å². The van der Waals surface area contributed by atoms with E-state index in [-0.39, 0.29) is 12.1 Å². The molecule has 110 valence electrons. The Kier molecular flexibility index (Phi) is 3.87. The van der Waals surface area contributed by atoms with Crippen LogP contribution in [0.15, 0.2) is 29.2 Å². The van der Waals surface area contributed by atoms with Gasteiger partial charge in [0.2, 0.25) is 5.39 Å². The zero-order valence-corrected chi connectivity index (χ0v) is 9.41. The van der Waals surface area contributed by atoms with Crippen molar-refractivity contribution < 1.29 is 36.7 Å². The lowest BCUT2D eigenvalue weighted by atomic mass is 10.3. The summed E-state index contributed by atoms with van der Waals surface area (Å²) in [5.74, 6) is 0. The SMILES string of the molecule is F[B-](F)(F)F.N#[N+]c1cccc(S(F)(F)(F)(F)F)c1. The Labute approximate surface area is 100 Å². The number of hydrogen-bond donors (Lipinski definition) is 0. The Morgan fingerprint density at radius 2 is 1.37 bits per heavy atom. The molecule has 19 heavy (non-hydrogen) atoms. The van der Waals surface area contributed by atoms with E-state index in [9.17, 15) is 36.7 Å². The predicted octanol–water partition coefficient (Wildman–Crippen LogP) is 6.13. The molecule has 13 heteroatoms. The zero-order valence-electron chi connectivity index (χ0n) is 8.59. The molecule has 1 aromatic rings. The lowest BCUT2D eigenvalue weighted by molar-refractivity contribution is 0.362. The van der Waals surface area contributed by atoms with Gasteiger partial charge in [-0.3, -0.25) is 0 Å². The Bertz CT molecular complexity index is 495. The number of diazo groups is 1. The molecule has 0 N–H and O–H groups in total. The molecule has 0 saturated carbocycles. The first-order valence-corrected chi connectivity index (χ1v) is 6.04. The van der Waals surface area contributed by atoms with E-state index in [1.807, 2.05) is 0 Å². The van der Waals surface area contributed by atoms with Gasteiger partial charge in [-0.2, -0.15) is 0 Å². The number of benzene rings is 1. The number of nitrogens with zero attached hydrogens (tertiary/aromatic N) is 2. The number of halogens is 9. The first-order valence-electron chi connectivity index (χ1n) is 4.09. The van der Waals surface area contributed by atoms with Gasteiger partial charge in [0, 0.05) is 6.07 Å². The van der Waals surface area contributed by atoms with Crippen molar-refractivity contribution >= 4 is 23.2 Å². The fourth-order valence-electron chi connectivity index (χ4n) is 0.786. The molecule has 0 unspecified atom stereocenters. The van der Waals surface area contributed by atoms with Crippen molar-refractivity contribution in [2.45, 2.75) is 4.90 Å². The van der Waals surface area contributed by atoms with Crippen LogP contribution in [0.1, 0.15) is 0 Å². The highest BCUT2D eigenvalue weighted by molar-refractivity contribution is 8.45. The molecule has 0 aromatic heterocycles. The van der Waals surface area contributed by atoms with Gasteiger partial charge in [0.25, 0.3) is 0 Å². The van der Waals surface area contributed by atoms with Crippen molar-refractivity contribution in [1.29, 1.82) is 5.39 Å². The summed E-state index contributed by atoms with van der Waals surface area (Å²) < 4.78 is 99.7. The van der Waals surface area contributed by atoms with Gasteiger partial charge in [0.15, 0.2) is 4.98 Å². The summed E-state index contributed by atoms with van der Waals surface area (Å²) in [5, 5.41) is 8.12. The number of rotatable bonds is 1. The van der Waals surface area contributed by atoms with Gasteiger partial charge >= 0.3 is 23.2 Å². The van der Waals surface area contributed by atoms with Crippen LogP contribution >= 0.6 is 10.2 Å². The minimum atomic E-state index is -9.65. The lowest BCUT2D eigenvalue weighted by Crippen LogP contribution is -2.05. The maximum Gasteiger partial charge on any atom is 0.673 e. The Morgan fingerprint density at radius 1 is 0.947 bits per heavy atom. The molecule has 0 aliphatic heterocycles. The molecule has 0 saturated heterocycles. The van der Waals surface area contributed by atoms with E-state index in [2.05, 4.69) is 4.98 Å². The molecule has 0 radical (unpaired) electrons. The maximum atomic E-state index is 12.1. The van der Waals surface area contributed by atoms with Gasteiger partial charge in [-0.25, -0.2) is 0 Å². The van der Waals surface area contributed by atoms with Gasteiger partial charge in [0.1, 0.15) is 4.90 Å². The summed E-state index contributed by atoms with van der Waals surface area (Å²) in [6.45, 7) is 0. The van der Waals surface area contributed by atoms with Crippen molar-refractivity contribution in [3.63, 3.8) is 0 Å². The molecule has 1 rings (SSSR count). The fourth-order valence-corrected chi connectivity index (χ4v) is 1.46. The summed E-state index contributed by atoms with van der Waals surface area (Å²) in [6, 6.07) is 2.02. The average molecular weight is 318 g/mol. The van der Waals surface area contributed by atoms with Crippen LogP contribution in [-0.2, 0) is 0 Å². The molecule has 0 amide bonds. The predicted molar refractivity (Wildman–Crippen MR) is 52.8 cm³/mol. The smallest absolute Gasteiger partial charge is 0.418 e. The largest absolute Gasteiger partial charge is 0.673 e. The maximum absolute atomic E-state index is 12.1. The second kappa shape index (κ2) is 4.22. The van der Waals surface area contributed by atoms with Crippen LogP contribution in [0.25, 0.3) is 4.98 Å². The van der Waals surface area contributed by atoms with Gasteiger partial charge in [-0.15, -0.1) is 0 Å². The summed E-state index contributed by atoms with van der Waals surface area (Å²) in [7, 11) is -15.7. The van der Waals surface area contributed by atoms with Gasteiger partial charge in [0.05, 0.1) is 6.07 Å². The van der Waals surface area contributed by atoms with Gasteiger partial charge in [-0.1, -0.05) is 25.5 Å². The zero-order chi connectivity index (χ0) is 15.6. The Hall–Kier alpha value is -1.58. The van der Waals surface area contributed by atoms with Crippen molar-refractivity contribution in [1.82, 2.24) is 0 Å². The second-order valence-corrected chi connectivity index (χ2v) is 5.47. The van der Waals surface area contributed by atoms with E-state index in [4.69, 9.17) is 5.39 Å². The van der Waals surface area contributed by atoms with E-state index in [1.165, 1.54) is 0 Å². The summed E-state index contributed by atoms with van der Waals surface area (Å²) in [5.41, 5.74) is -0.573. The fraction of sp³-hybridized carbons (Fsp3) is 0. The molecule has 0 spiro atoms. The van der Waals surface area contributed by atoms with Crippen LogP contribution in [-0.4, -0.2) is 7.25 Å². The molecule has 0 atom stereocenters. The topological polar surface area (TPSA) is 28.1 Å². The highest BCUT2D eigenvalue weighted by atomic mass is 32.5. The quantitative estimate of drug-likeness (QED) is 0.348. The first-order chi connectivity index (χ1) is 8.03. The van der Waals surface area contributed by atoms with Gasteiger partial charge < -0.3 is 17.3 Å². The molecule has 0 aliphatic carbocycles. The molecule has 0 heterocycles. The van der Waals surface area contributed by atoms with E-state index in [0.717, 1.165) is 12.1 Å². The standard InChI is InChI=1S/C6H4F5N2S.BF4/c7-14(8,9,10,11)6-3-1-2-5(4-6)13-12;2-1(3,4)5/h1-4H;/q+1;-1. The van der Waals surface area contributed by atoms with Crippen LogP contribution in [0.5, 0.6) is 0 Å². The highest BCUT2D eigenvalue weighted by Crippen LogP contribution is 3.02. The van der Waals surface area contributed by atoms with E-state index in [1.54, 1.807) is 0 Å². The van der Waals surface area contributed by atoms with Crippen LogP contribution in [0.2, 0.25) is 0 Å². The third-order valence-electron chi connectivity index (χ3n) is 1.38. The van der Waals surface area contributed by atoms with Crippen LogP contribution < -0.4 is 0 Å². The molecular formula is C6H4BF9N2S. The molecule has 0 bridgehead atoms. The van der Waals surface area contributed by atoms with E-state index < -0.39 is 28.1 Å². The normalized spacial score (nSPS) is 15.4. The summed E-state index contributed by atoms with van der Waals surface area (Å²) in [6.07, 6.45) is 0. The van der Waals surface area contributed by atoms with Crippen molar-refractivity contribution in [3.8, 4) is 0 Å². The van der Waals surface area contributed by atoms with Crippen molar-refractivity contribution in [2.75, 3.05) is 0 Å². The molecular weight excluding hydrogens is 314 g/mol. The highest BCUT2D eigenvalue weighted by Gasteiger charge is 2.65. The Morgan fingerprint density at radius 3 is 1.68 bits per heavy atom. The Balaban J connectivity index is 0.000000555. The van der Waals surface area contributed by atoms with E-state index >= 15 is 0 Å². The third-order valence-corrected chi connectivity index (χ3v) is 2.52. The minimum Gasteiger partial charge on any atom is -0.418 e. The monoisotopic (exact) mass is 318 g/mol. The van der Waals surface area contributed by atoms with Gasteiger partial charge in [-0.05, 0) is 6.07 Å². The van der Waals surface area contributed by atoms with Crippen LogP contribution in [0, 0.1) is 5.39 Å². The third kappa shape index (κ3) is 8.19. The second-order valence-electron chi connectivity index (χ2n) is 3.06. The first kappa shape index (κ1) is 17.4. The molecule has 0 fully saturated rings. The average Bonchev–Trinajstić information content (AvgIpc) is 2.12. The molecule has 0 aliphatic rings. The number of hydrogen-bond acceptors (Lipinski definition) is 1. The molecule has 1 aromatic carbocycles.